The predicted molar refractivity (Wildman–Crippen MR) is 55.1 cm³/mol. The fourth-order valence-electron chi connectivity index (χ4n) is 2.01. The molecule has 0 aromatic heterocycles. The maximum absolute atomic E-state index is 13.8. The molecule has 0 saturated heterocycles. The van der Waals surface area contributed by atoms with Gasteiger partial charge in [0.1, 0.15) is 5.82 Å². The summed E-state index contributed by atoms with van der Waals surface area (Å²) in [5.41, 5.74) is -0.768. The number of benzene rings is 1. The van der Waals surface area contributed by atoms with Gasteiger partial charge in [-0.3, -0.25) is 0 Å². The van der Waals surface area contributed by atoms with Crippen LogP contribution < -0.4 is 9.47 Å². The summed E-state index contributed by atoms with van der Waals surface area (Å²) in [5.74, 6) is 0.510. The van der Waals surface area contributed by atoms with Gasteiger partial charge < -0.3 is 14.6 Å². The largest absolute Gasteiger partial charge is 0.490 e. The van der Waals surface area contributed by atoms with Crippen LogP contribution in [0, 0.1) is 5.82 Å². The molecule has 1 aliphatic carbocycles. The van der Waals surface area contributed by atoms with Crippen molar-refractivity contribution in [2.75, 3.05) is 13.2 Å². The van der Waals surface area contributed by atoms with Gasteiger partial charge >= 0.3 is 0 Å². The van der Waals surface area contributed by atoms with Gasteiger partial charge in [0.2, 0.25) is 0 Å². The lowest BCUT2D eigenvalue weighted by molar-refractivity contribution is 0.140. The molecular weight excluding hydrogens is 211 g/mol. The lowest BCUT2D eigenvalue weighted by Crippen LogP contribution is -2.11. The van der Waals surface area contributed by atoms with Gasteiger partial charge in [0, 0.05) is 6.42 Å². The molecule has 1 saturated carbocycles. The summed E-state index contributed by atoms with van der Waals surface area (Å²) in [4.78, 5) is 0. The molecule has 2 aliphatic rings. The summed E-state index contributed by atoms with van der Waals surface area (Å²) in [7, 11) is 0. The summed E-state index contributed by atoms with van der Waals surface area (Å²) < 4.78 is 24.7. The molecule has 4 heteroatoms. The normalized spacial score (nSPS) is 21.4. The third-order valence-electron chi connectivity index (χ3n) is 3.05. The molecule has 1 aliphatic heterocycles. The van der Waals surface area contributed by atoms with Crippen molar-refractivity contribution < 1.29 is 19.0 Å². The van der Waals surface area contributed by atoms with E-state index in [0.717, 1.165) is 6.42 Å². The van der Waals surface area contributed by atoms with Crippen LogP contribution in [0.3, 0.4) is 0 Å². The smallest absolute Gasteiger partial charge is 0.170 e. The monoisotopic (exact) mass is 224 g/mol. The first-order valence-corrected chi connectivity index (χ1v) is 5.52. The van der Waals surface area contributed by atoms with Gasteiger partial charge in [-0.1, -0.05) is 0 Å². The van der Waals surface area contributed by atoms with Crippen LogP contribution in [0.15, 0.2) is 12.1 Å². The van der Waals surface area contributed by atoms with E-state index < -0.39 is 11.4 Å². The van der Waals surface area contributed by atoms with Gasteiger partial charge in [0.05, 0.1) is 24.4 Å². The number of halogens is 1. The highest BCUT2D eigenvalue weighted by atomic mass is 19.1. The van der Waals surface area contributed by atoms with Crippen molar-refractivity contribution in [2.45, 2.75) is 24.9 Å². The van der Waals surface area contributed by atoms with E-state index in [2.05, 4.69) is 0 Å². The Morgan fingerprint density at radius 1 is 1.19 bits per heavy atom. The van der Waals surface area contributed by atoms with E-state index in [0.29, 0.717) is 37.6 Å². The predicted octanol–water partition coefficient (Wildman–Crippen LogP) is 1.97. The van der Waals surface area contributed by atoms with Crippen LogP contribution in [0.4, 0.5) is 4.39 Å². The highest BCUT2D eigenvalue weighted by Gasteiger charge is 2.47. The average Bonchev–Trinajstić information content (AvgIpc) is 3.02. The molecule has 0 radical (unpaired) electrons. The first kappa shape index (κ1) is 9.90. The standard InChI is InChI=1S/C12H13FO3/c13-8-2-3-9-11(16-7-1-6-15-9)10(8)12(14)4-5-12/h2-3,14H,1,4-7H2. The zero-order valence-corrected chi connectivity index (χ0v) is 8.83. The maximum atomic E-state index is 13.8. The molecule has 1 N–H and O–H groups in total. The highest BCUT2D eigenvalue weighted by molar-refractivity contribution is 5.52. The van der Waals surface area contributed by atoms with Crippen LogP contribution in [0.25, 0.3) is 0 Å². The Balaban J connectivity index is 2.14. The molecule has 0 bridgehead atoms. The van der Waals surface area contributed by atoms with E-state index in [9.17, 15) is 9.50 Å². The number of rotatable bonds is 1. The Kier molecular flexibility index (Phi) is 2.07. The van der Waals surface area contributed by atoms with E-state index in [-0.39, 0.29) is 5.56 Å². The van der Waals surface area contributed by atoms with Crippen LogP contribution in [-0.4, -0.2) is 18.3 Å². The van der Waals surface area contributed by atoms with Crippen molar-refractivity contribution in [2.24, 2.45) is 0 Å². The summed E-state index contributed by atoms with van der Waals surface area (Å²) in [6, 6.07) is 2.89. The first-order valence-electron chi connectivity index (χ1n) is 5.52. The first-order chi connectivity index (χ1) is 7.71. The molecule has 0 amide bonds. The van der Waals surface area contributed by atoms with Crippen LogP contribution in [0.2, 0.25) is 0 Å². The van der Waals surface area contributed by atoms with Crippen molar-refractivity contribution in [3.63, 3.8) is 0 Å². The summed E-state index contributed by atoms with van der Waals surface area (Å²) in [6.45, 7) is 1.07. The zero-order valence-electron chi connectivity index (χ0n) is 8.83. The summed E-state index contributed by atoms with van der Waals surface area (Å²) >= 11 is 0. The molecule has 1 fully saturated rings. The minimum Gasteiger partial charge on any atom is -0.490 e. The molecule has 1 aromatic rings. The van der Waals surface area contributed by atoms with Crippen LogP contribution in [-0.2, 0) is 5.60 Å². The Labute approximate surface area is 92.8 Å². The van der Waals surface area contributed by atoms with E-state index in [1.165, 1.54) is 6.07 Å². The van der Waals surface area contributed by atoms with E-state index in [1.807, 2.05) is 0 Å². The average molecular weight is 224 g/mol. The van der Waals surface area contributed by atoms with E-state index >= 15 is 0 Å². The van der Waals surface area contributed by atoms with Crippen molar-refractivity contribution in [3.8, 4) is 11.5 Å². The van der Waals surface area contributed by atoms with Crippen molar-refractivity contribution in [3.05, 3.63) is 23.5 Å². The summed E-state index contributed by atoms with van der Waals surface area (Å²) in [5, 5.41) is 10.1. The van der Waals surface area contributed by atoms with Crippen LogP contribution in [0.5, 0.6) is 11.5 Å². The van der Waals surface area contributed by atoms with Crippen LogP contribution >= 0.6 is 0 Å². The molecule has 86 valence electrons. The molecule has 1 aromatic carbocycles. The quantitative estimate of drug-likeness (QED) is 0.792. The molecule has 0 unspecified atom stereocenters. The molecule has 1 heterocycles. The Bertz CT molecular complexity index is 427. The highest BCUT2D eigenvalue weighted by Crippen LogP contribution is 2.52. The second-order valence-corrected chi connectivity index (χ2v) is 4.33. The minimum atomic E-state index is -1.04. The second-order valence-electron chi connectivity index (χ2n) is 4.33. The second kappa shape index (κ2) is 3.35. The molecule has 16 heavy (non-hydrogen) atoms. The fraction of sp³-hybridized carbons (Fsp3) is 0.500. The Hall–Kier alpha value is -1.29. The van der Waals surface area contributed by atoms with Gasteiger partial charge in [-0.05, 0) is 25.0 Å². The summed E-state index contributed by atoms with van der Waals surface area (Å²) in [6.07, 6.45) is 1.95. The van der Waals surface area contributed by atoms with Crippen molar-refractivity contribution in [1.29, 1.82) is 0 Å². The Morgan fingerprint density at radius 2 is 1.94 bits per heavy atom. The SMILES string of the molecule is OC1(c2c(F)ccc3c2OCCCO3)CC1. The number of hydrogen-bond acceptors (Lipinski definition) is 3. The zero-order chi connectivity index (χ0) is 11.2. The number of aliphatic hydroxyl groups is 1. The topological polar surface area (TPSA) is 38.7 Å². The molecule has 3 rings (SSSR count). The third-order valence-corrected chi connectivity index (χ3v) is 3.05. The molecule has 0 spiro atoms. The van der Waals surface area contributed by atoms with Gasteiger partial charge in [-0.2, -0.15) is 0 Å². The fourth-order valence-corrected chi connectivity index (χ4v) is 2.01. The number of ether oxygens (including phenoxy) is 2. The molecule has 0 atom stereocenters. The number of hydrogen-bond donors (Lipinski definition) is 1. The van der Waals surface area contributed by atoms with Gasteiger partial charge in [0.15, 0.2) is 11.5 Å². The van der Waals surface area contributed by atoms with Crippen molar-refractivity contribution >= 4 is 0 Å². The lowest BCUT2D eigenvalue weighted by Gasteiger charge is -2.16. The Morgan fingerprint density at radius 3 is 2.69 bits per heavy atom. The molecule has 3 nitrogen and oxygen atoms in total. The number of fused-ring (bicyclic) bond motifs is 1. The van der Waals surface area contributed by atoms with Crippen LogP contribution in [0.1, 0.15) is 24.8 Å². The minimum absolute atomic E-state index is 0.270. The van der Waals surface area contributed by atoms with Gasteiger partial charge in [-0.25, -0.2) is 4.39 Å². The van der Waals surface area contributed by atoms with Crippen molar-refractivity contribution in [1.82, 2.24) is 0 Å². The van der Waals surface area contributed by atoms with Gasteiger partial charge in [0.25, 0.3) is 0 Å². The maximum Gasteiger partial charge on any atom is 0.170 e. The van der Waals surface area contributed by atoms with Gasteiger partial charge in [-0.15, -0.1) is 0 Å². The molecular formula is C12H13FO3. The van der Waals surface area contributed by atoms with E-state index in [4.69, 9.17) is 9.47 Å². The van der Waals surface area contributed by atoms with E-state index in [1.54, 1.807) is 6.07 Å². The third kappa shape index (κ3) is 1.45. The lowest BCUT2D eigenvalue weighted by atomic mass is 10.1.